The molecule has 0 N–H and O–H groups in total. The van der Waals surface area contributed by atoms with Crippen molar-refractivity contribution < 1.29 is 14.3 Å². The molecule has 3 heteroatoms. The molecular weight excluding hydrogens is 348 g/mol. The van der Waals surface area contributed by atoms with E-state index in [0.717, 1.165) is 24.2 Å². The Morgan fingerprint density at radius 2 is 1.39 bits per heavy atom. The molecule has 0 aromatic carbocycles. The molecule has 0 spiro atoms. The van der Waals surface area contributed by atoms with Gasteiger partial charge in [-0.25, -0.2) is 4.79 Å². The maximum Gasteiger partial charge on any atom is 0.335 e. The van der Waals surface area contributed by atoms with E-state index in [-0.39, 0.29) is 5.97 Å². The van der Waals surface area contributed by atoms with E-state index in [4.69, 9.17) is 9.47 Å². The number of ether oxygens (including phenoxy) is 2. The standard InChI is InChI=1S/C25H48O3/c1-8-27-24(7)25(26)28-19-18-23(6)17-11-16-22(5)15-10-14-21(4)13-9-12-20(2)3/h18,20-22,24H,8-17,19H2,1-7H3/b23-18+. The minimum atomic E-state index is -0.475. The first-order chi connectivity index (χ1) is 13.3. The predicted molar refractivity (Wildman–Crippen MR) is 121 cm³/mol. The van der Waals surface area contributed by atoms with E-state index in [1.54, 1.807) is 6.92 Å². The average Bonchev–Trinajstić information content (AvgIpc) is 2.61. The molecule has 0 aromatic rings. The third-order valence-corrected chi connectivity index (χ3v) is 5.55. The van der Waals surface area contributed by atoms with Gasteiger partial charge in [0.25, 0.3) is 0 Å². The Bertz CT molecular complexity index is 414. The SMILES string of the molecule is CCOC(C)C(=O)OC/C=C(\C)CCCC(C)CCCC(C)CCCC(C)C. The van der Waals surface area contributed by atoms with Crippen molar-refractivity contribution in [3.05, 3.63) is 11.6 Å². The number of carbonyl (C=O) groups is 1. The van der Waals surface area contributed by atoms with Crippen molar-refractivity contribution in [2.24, 2.45) is 17.8 Å². The van der Waals surface area contributed by atoms with Gasteiger partial charge in [-0.1, -0.05) is 78.2 Å². The van der Waals surface area contributed by atoms with Gasteiger partial charge in [0.05, 0.1) is 0 Å². The summed E-state index contributed by atoms with van der Waals surface area (Å²) in [5.74, 6) is 2.25. The van der Waals surface area contributed by atoms with Gasteiger partial charge in [-0.2, -0.15) is 0 Å². The van der Waals surface area contributed by atoms with Gasteiger partial charge in [0, 0.05) is 6.61 Å². The van der Waals surface area contributed by atoms with Crippen molar-refractivity contribution in [2.75, 3.05) is 13.2 Å². The van der Waals surface area contributed by atoms with Crippen LogP contribution in [0, 0.1) is 17.8 Å². The molecule has 28 heavy (non-hydrogen) atoms. The molecule has 3 unspecified atom stereocenters. The first-order valence-electron chi connectivity index (χ1n) is 11.7. The molecule has 0 radical (unpaired) electrons. The normalized spacial score (nSPS) is 15.5. The fraction of sp³-hybridized carbons (Fsp3) is 0.880. The Labute approximate surface area is 175 Å². The van der Waals surface area contributed by atoms with Gasteiger partial charge in [0.15, 0.2) is 6.10 Å². The second-order valence-electron chi connectivity index (χ2n) is 9.14. The molecule has 0 aliphatic heterocycles. The molecule has 3 atom stereocenters. The number of hydrogen-bond donors (Lipinski definition) is 0. The Hall–Kier alpha value is -0.830. The highest BCUT2D eigenvalue weighted by Crippen LogP contribution is 2.22. The summed E-state index contributed by atoms with van der Waals surface area (Å²) in [5, 5.41) is 0. The van der Waals surface area contributed by atoms with Crippen LogP contribution in [0.15, 0.2) is 11.6 Å². The van der Waals surface area contributed by atoms with Crippen LogP contribution < -0.4 is 0 Å². The Balaban J connectivity index is 3.75. The van der Waals surface area contributed by atoms with Crippen molar-refractivity contribution in [1.82, 2.24) is 0 Å². The molecule has 0 aromatic heterocycles. The van der Waals surface area contributed by atoms with Crippen LogP contribution in [0.4, 0.5) is 0 Å². The topological polar surface area (TPSA) is 35.5 Å². The minimum absolute atomic E-state index is 0.280. The average molecular weight is 397 g/mol. The van der Waals surface area contributed by atoms with Crippen molar-refractivity contribution in [3.8, 4) is 0 Å². The fourth-order valence-corrected chi connectivity index (χ4v) is 3.51. The van der Waals surface area contributed by atoms with Crippen LogP contribution in [-0.4, -0.2) is 25.3 Å². The van der Waals surface area contributed by atoms with Crippen molar-refractivity contribution in [2.45, 2.75) is 112 Å². The van der Waals surface area contributed by atoms with Crippen LogP contribution in [0.1, 0.15) is 106 Å². The van der Waals surface area contributed by atoms with Gasteiger partial charge < -0.3 is 9.47 Å². The van der Waals surface area contributed by atoms with E-state index < -0.39 is 6.10 Å². The van der Waals surface area contributed by atoms with Gasteiger partial charge in [-0.05, 0) is 57.4 Å². The van der Waals surface area contributed by atoms with Gasteiger partial charge in [0.1, 0.15) is 6.61 Å². The van der Waals surface area contributed by atoms with Crippen LogP contribution in [-0.2, 0) is 14.3 Å². The van der Waals surface area contributed by atoms with Crippen LogP contribution in [0.3, 0.4) is 0 Å². The monoisotopic (exact) mass is 396 g/mol. The summed E-state index contributed by atoms with van der Waals surface area (Å²) < 4.78 is 10.5. The molecule has 0 aliphatic rings. The Morgan fingerprint density at radius 3 is 1.93 bits per heavy atom. The second kappa shape index (κ2) is 17.1. The molecule has 0 aliphatic carbocycles. The van der Waals surface area contributed by atoms with E-state index in [1.165, 1.54) is 56.9 Å². The van der Waals surface area contributed by atoms with E-state index >= 15 is 0 Å². The van der Waals surface area contributed by atoms with Crippen LogP contribution in [0.5, 0.6) is 0 Å². The van der Waals surface area contributed by atoms with Gasteiger partial charge in [-0.3, -0.25) is 0 Å². The molecule has 3 nitrogen and oxygen atoms in total. The van der Waals surface area contributed by atoms with Crippen LogP contribution in [0.25, 0.3) is 0 Å². The number of esters is 1. The van der Waals surface area contributed by atoms with E-state index in [0.29, 0.717) is 13.2 Å². The summed E-state index contributed by atoms with van der Waals surface area (Å²) >= 11 is 0. The molecule has 0 saturated heterocycles. The number of allylic oxidation sites excluding steroid dienone is 1. The first kappa shape index (κ1) is 27.2. The molecule has 0 amide bonds. The molecule has 0 saturated carbocycles. The summed E-state index contributed by atoms with van der Waals surface area (Å²) in [6, 6.07) is 0. The van der Waals surface area contributed by atoms with E-state index in [1.807, 2.05) is 13.0 Å². The maximum atomic E-state index is 11.7. The third-order valence-electron chi connectivity index (χ3n) is 5.55. The minimum Gasteiger partial charge on any atom is -0.460 e. The van der Waals surface area contributed by atoms with Crippen LogP contribution >= 0.6 is 0 Å². The quantitative estimate of drug-likeness (QED) is 0.190. The number of hydrogen-bond acceptors (Lipinski definition) is 3. The largest absolute Gasteiger partial charge is 0.460 e. The third kappa shape index (κ3) is 16.2. The molecule has 166 valence electrons. The first-order valence-corrected chi connectivity index (χ1v) is 11.7. The van der Waals surface area contributed by atoms with Gasteiger partial charge in [0.2, 0.25) is 0 Å². The molecular formula is C25H48O3. The number of rotatable bonds is 17. The molecule has 0 fully saturated rings. The van der Waals surface area contributed by atoms with Crippen molar-refractivity contribution in [1.29, 1.82) is 0 Å². The van der Waals surface area contributed by atoms with Crippen molar-refractivity contribution in [3.63, 3.8) is 0 Å². The summed E-state index contributed by atoms with van der Waals surface area (Å²) in [7, 11) is 0. The highest BCUT2D eigenvalue weighted by Gasteiger charge is 2.13. The summed E-state index contributed by atoms with van der Waals surface area (Å²) in [5.41, 5.74) is 1.31. The van der Waals surface area contributed by atoms with Gasteiger partial charge in [-0.15, -0.1) is 0 Å². The molecule has 0 heterocycles. The van der Waals surface area contributed by atoms with E-state index in [9.17, 15) is 4.79 Å². The van der Waals surface area contributed by atoms with E-state index in [2.05, 4.69) is 34.6 Å². The summed E-state index contributed by atoms with van der Waals surface area (Å²) in [4.78, 5) is 11.7. The van der Waals surface area contributed by atoms with Gasteiger partial charge >= 0.3 is 5.97 Å². The lowest BCUT2D eigenvalue weighted by atomic mass is 9.91. The second-order valence-corrected chi connectivity index (χ2v) is 9.14. The predicted octanol–water partition coefficient (Wildman–Crippen LogP) is 7.34. The lowest BCUT2D eigenvalue weighted by molar-refractivity contribution is -0.154. The zero-order chi connectivity index (χ0) is 21.4. The van der Waals surface area contributed by atoms with Crippen molar-refractivity contribution >= 4 is 5.97 Å². The lowest BCUT2D eigenvalue weighted by Gasteiger charge is -2.15. The number of carbonyl (C=O) groups excluding carboxylic acids is 1. The Morgan fingerprint density at radius 1 is 0.857 bits per heavy atom. The highest BCUT2D eigenvalue weighted by atomic mass is 16.6. The maximum absolute atomic E-state index is 11.7. The zero-order valence-corrected chi connectivity index (χ0v) is 19.9. The fourth-order valence-electron chi connectivity index (χ4n) is 3.51. The highest BCUT2D eigenvalue weighted by molar-refractivity contribution is 5.74. The molecule has 0 bridgehead atoms. The lowest BCUT2D eigenvalue weighted by Crippen LogP contribution is -2.23. The molecule has 0 rings (SSSR count). The summed E-state index contributed by atoms with van der Waals surface area (Å²) in [6.45, 7) is 16.1. The smallest absolute Gasteiger partial charge is 0.335 e. The summed E-state index contributed by atoms with van der Waals surface area (Å²) in [6.07, 6.45) is 13.4. The zero-order valence-electron chi connectivity index (χ0n) is 19.9. The van der Waals surface area contributed by atoms with Crippen LogP contribution in [0.2, 0.25) is 0 Å². The Kier molecular flexibility index (Phi) is 16.6.